The van der Waals surface area contributed by atoms with Gasteiger partial charge in [-0.2, -0.15) is 26.6 Å². The summed E-state index contributed by atoms with van der Waals surface area (Å²) in [6, 6.07) is 12.2. The zero-order valence-electron chi connectivity index (χ0n) is 18.3. The molecule has 0 aromatic heterocycles. The van der Waals surface area contributed by atoms with Gasteiger partial charge in [0.25, 0.3) is 0 Å². The first-order chi connectivity index (χ1) is 16.1. The van der Waals surface area contributed by atoms with Crippen LogP contribution in [0.25, 0.3) is 0 Å². The van der Waals surface area contributed by atoms with E-state index in [9.17, 15) is 26.4 Å². The molecule has 1 saturated heterocycles. The van der Waals surface area contributed by atoms with E-state index in [0.717, 1.165) is 30.7 Å². The lowest BCUT2D eigenvalue weighted by atomic mass is 10.2. The van der Waals surface area contributed by atoms with Crippen molar-refractivity contribution in [3.8, 4) is 0 Å². The van der Waals surface area contributed by atoms with Crippen molar-refractivity contribution in [3.63, 3.8) is 0 Å². The Bertz CT molecular complexity index is 1240. The van der Waals surface area contributed by atoms with Crippen LogP contribution in [0.1, 0.15) is 18.9 Å². The smallest absolute Gasteiger partial charge is 0.343 e. The summed E-state index contributed by atoms with van der Waals surface area (Å²) >= 11 is 0. The van der Waals surface area contributed by atoms with Gasteiger partial charge >= 0.3 is 26.2 Å². The summed E-state index contributed by atoms with van der Waals surface area (Å²) < 4.78 is 65.7. The molecule has 1 fully saturated rings. The number of hydrogen-bond donors (Lipinski definition) is 1. The zero-order chi connectivity index (χ0) is 24.8. The molecule has 0 saturated carbocycles. The monoisotopic (exact) mass is 512 g/mol. The number of morpholine rings is 1. The van der Waals surface area contributed by atoms with Gasteiger partial charge in [0.15, 0.2) is 0 Å². The van der Waals surface area contributed by atoms with Gasteiger partial charge in [-0.25, -0.2) is 0 Å². The Morgan fingerprint density at radius 2 is 1.68 bits per heavy atom. The van der Waals surface area contributed by atoms with Crippen molar-refractivity contribution in [2.45, 2.75) is 29.7 Å². The van der Waals surface area contributed by atoms with Gasteiger partial charge in [0.1, 0.15) is 17.1 Å². The van der Waals surface area contributed by atoms with Crippen molar-refractivity contribution in [3.05, 3.63) is 54.1 Å². The fraction of sp³-hybridized carbons (Fsp3) is 0.333. The first kappa shape index (κ1) is 25.8. The Morgan fingerprint density at radius 1 is 1.00 bits per heavy atom. The molecule has 1 aliphatic heterocycles. The number of carbonyl (C=O) groups is 2. The van der Waals surface area contributed by atoms with Crippen LogP contribution in [-0.4, -0.2) is 54.9 Å². The van der Waals surface area contributed by atoms with E-state index in [1.165, 1.54) is 0 Å². The number of ketones is 1. The van der Waals surface area contributed by atoms with Crippen LogP contribution in [0.4, 0.5) is 5.69 Å². The van der Waals surface area contributed by atoms with Gasteiger partial charge in [0.2, 0.25) is 0 Å². The Kier molecular flexibility index (Phi) is 8.38. The topological polar surface area (TPSA) is 145 Å². The van der Waals surface area contributed by atoms with Crippen LogP contribution >= 0.6 is 0 Å². The maximum atomic E-state index is 12.8. The quantitative estimate of drug-likeness (QED) is 0.278. The normalized spacial score (nSPS) is 14.6. The van der Waals surface area contributed by atoms with Crippen LogP contribution in [0.3, 0.4) is 0 Å². The van der Waals surface area contributed by atoms with Crippen LogP contribution < -0.4 is 10.4 Å². The summed E-state index contributed by atoms with van der Waals surface area (Å²) in [5.74, 6) is -1.79. The minimum Gasteiger partial charge on any atom is -0.378 e. The summed E-state index contributed by atoms with van der Waals surface area (Å²) in [4.78, 5) is 23.8. The molecule has 13 heteroatoms. The number of ether oxygens (including phenoxy) is 1. The lowest BCUT2D eigenvalue weighted by molar-refractivity contribution is -0.136. The summed E-state index contributed by atoms with van der Waals surface area (Å²) in [6.45, 7) is 2.37. The van der Waals surface area contributed by atoms with E-state index in [2.05, 4.69) is 9.66 Å². The van der Waals surface area contributed by atoms with Crippen molar-refractivity contribution in [1.29, 1.82) is 0 Å². The molecule has 34 heavy (non-hydrogen) atoms. The van der Waals surface area contributed by atoms with Crippen LogP contribution in [-0.2, 0) is 49.6 Å². The highest BCUT2D eigenvalue weighted by molar-refractivity contribution is 7.87. The van der Waals surface area contributed by atoms with Crippen molar-refractivity contribution in [1.82, 2.24) is 5.48 Å². The van der Waals surface area contributed by atoms with Gasteiger partial charge in [-0.1, -0.05) is 30.3 Å². The average molecular weight is 513 g/mol. The number of benzene rings is 2. The second-order valence-corrected chi connectivity index (χ2v) is 10.4. The minimum absolute atomic E-state index is 0.00617. The fourth-order valence-corrected chi connectivity index (χ4v) is 5.02. The second-order valence-electron chi connectivity index (χ2n) is 7.36. The number of hydrogen-bond acceptors (Lipinski definition) is 11. The van der Waals surface area contributed by atoms with Crippen LogP contribution in [0, 0.1) is 0 Å². The highest BCUT2D eigenvalue weighted by atomic mass is 32.2. The summed E-state index contributed by atoms with van der Waals surface area (Å²) in [6.07, 6.45) is -0.709. The largest absolute Gasteiger partial charge is 0.378 e. The third-order valence-electron chi connectivity index (χ3n) is 4.72. The highest BCUT2D eigenvalue weighted by Crippen LogP contribution is 2.31. The molecule has 0 aliphatic carbocycles. The lowest BCUT2D eigenvalue weighted by Gasteiger charge is -2.30. The Morgan fingerprint density at radius 3 is 2.32 bits per heavy atom. The van der Waals surface area contributed by atoms with E-state index in [1.807, 2.05) is 6.07 Å². The molecule has 3 rings (SSSR count). The fourth-order valence-electron chi connectivity index (χ4n) is 3.15. The molecule has 0 atom stereocenters. The predicted molar refractivity (Wildman–Crippen MR) is 120 cm³/mol. The molecular weight excluding hydrogens is 488 g/mol. The molecule has 1 heterocycles. The second kappa shape index (κ2) is 11.1. The molecule has 0 radical (unpaired) electrons. The van der Waals surface area contributed by atoms with Crippen molar-refractivity contribution < 1.29 is 39.6 Å². The number of anilines is 1. The van der Waals surface area contributed by atoms with E-state index >= 15 is 0 Å². The zero-order valence-corrected chi connectivity index (χ0v) is 19.9. The average Bonchev–Trinajstić information content (AvgIpc) is 2.79. The van der Waals surface area contributed by atoms with Gasteiger partial charge in [-0.15, -0.1) is 0 Å². The van der Waals surface area contributed by atoms with Gasteiger partial charge in [0.05, 0.1) is 23.8 Å². The SMILES string of the molecule is CC(=O)CC(=O)OS(=O)(=O)c1ccc(S(=O)(=O)ONCc2ccccc2)cc1N1CCOCC1. The van der Waals surface area contributed by atoms with Gasteiger partial charge in [0, 0.05) is 19.6 Å². The number of hydroxylamine groups is 1. The van der Waals surface area contributed by atoms with Gasteiger partial charge in [-0.3, -0.25) is 9.59 Å². The van der Waals surface area contributed by atoms with E-state index in [0.29, 0.717) is 0 Å². The summed E-state index contributed by atoms with van der Waals surface area (Å²) in [7, 11) is -8.94. The van der Waals surface area contributed by atoms with E-state index < -0.39 is 43.3 Å². The highest BCUT2D eigenvalue weighted by Gasteiger charge is 2.29. The van der Waals surface area contributed by atoms with Crippen molar-refractivity contribution in [2.24, 2.45) is 0 Å². The third kappa shape index (κ3) is 6.84. The number of nitrogens with zero attached hydrogens (tertiary/aromatic N) is 1. The number of carbonyl (C=O) groups excluding carboxylic acids is 2. The van der Waals surface area contributed by atoms with E-state index in [-0.39, 0.29) is 43.4 Å². The molecule has 1 aliphatic rings. The maximum Gasteiger partial charge on any atom is 0.343 e. The van der Waals surface area contributed by atoms with E-state index in [4.69, 9.17) is 9.02 Å². The number of Topliss-reactive ketones (excluding diaryl/α,β-unsaturated/α-hetero) is 1. The first-order valence-electron chi connectivity index (χ1n) is 10.2. The molecule has 2 aromatic rings. The Balaban J connectivity index is 1.88. The summed E-state index contributed by atoms with van der Waals surface area (Å²) in [5, 5.41) is 0. The molecule has 0 bridgehead atoms. The predicted octanol–water partition coefficient (Wildman–Crippen LogP) is 1.14. The van der Waals surface area contributed by atoms with Crippen molar-refractivity contribution >= 4 is 37.7 Å². The molecular formula is C21H24N2O9S2. The molecule has 0 spiro atoms. The molecule has 1 N–H and O–H groups in total. The van der Waals surface area contributed by atoms with Gasteiger partial charge in [-0.05, 0) is 30.7 Å². The number of nitrogens with one attached hydrogen (secondary N) is 1. The molecule has 0 amide bonds. The number of rotatable bonds is 10. The maximum absolute atomic E-state index is 12.8. The molecule has 184 valence electrons. The molecule has 2 aromatic carbocycles. The Labute approximate surface area is 197 Å². The molecule has 0 unspecified atom stereocenters. The van der Waals surface area contributed by atoms with Gasteiger partial charge < -0.3 is 13.8 Å². The molecule has 11 nitrogen and oxygen atoms in total. The lowest BCUT2D eigenvalue weighted by Crippen LogP contribution is -2.37. The minimum atomic E-state index is -4.64. The van der Waals surface area contributed by atoms with E-state index in [1.54, 1.807) is 29.2 Å². The Hall–Kier alpha value is -2.84. The van der Waals surface area contributed by atoms with Crippen LogP contribution in [0.2, 0.25) is 0 Å². The first-order valence-corrected chi connectivity index (χ1v) is 13.0. The van der Waals surface area contributed by atoms with Crippen LogP contribution in [0.15, 0.2) is 58.3 Å². The van der Waals surface area contributed by atoms with Crippen molar-refractivity contribution in [2.75, 3.05) is 31.2 Å². The van der Waals surface area contributed by atoms with Crippen LogP contribution in [0.5, 0.6) is 0 Å². The summed E-state index contributed by atoms with van der Waals surface area (Å²) in [5.41, 5.74) is 3.19. The third-order valence-corrected chi connectivity index (χ3v) is 7.18. The standard InChI is InChI=1S/C21H24N2O9S2/c1-16(24)13-21(25)31-34(28,29)20-8-7-18(14-19(20)23-9-11-30-12-10-23)33(26,27)32-22-15-17-5-3-2-4-6-17/h2-8,14,22H,9-13,15H2,1H3.